The molecule has 10 nitrogen and oxygen atoms in total. The molecule has 0 radical (unpaired) electrons. The summed E-state index contributed by atoms with van der Waals surface area (Å²) in [5, 5.41) is 19.3. The maximum absolute atomic E-state index is 12.1. The number of nitrogens with zero attached hydrogens (tertiary/aromatic N) is 1. The van der Waals surface area contributed by atoms with Crippen molar-refractivity contribution in [3.8, 4) is 0 Å². The van der Waals surface area contributed by atoms with E-state index in [1.807, 2.05) is 0 Å². The van der Waals surface area contributed by atoms with Crippen LogP contribution in [-0.2, 0) is 14.6 Å². The summed E-state index contributed by atoms with van der Waals surface area (Å²) in [6, 6.07) is 0. The van der Waals surface area contributed by atoms with Gasteiger partial charge >= 0.3 is 13.5 Å². The number of nitrogens with one attached hydrogen (secondary N) is 1. The maximum atomic E-state index is 12.1. The zero-order valence-corrected chi connectivity index (χ0v) is 13.3. The van der Waals surface area contributed by atoms with Crippen molar-refractivity contribution in [2.24, 2.45) is 5.92 Å². The quantitative estimate of drug-likeness (QED) is 0.397. The molecule has 1 aliphatic carbocycles. The number of aliphatic hydroxyl groups is 2. The fourth-order valence-electron chi connectivity index (χ4n) is 2.96. The standard InChI is InChI=1S/C12H19N2O8P/c1-7-4-14(11(18)13-10(7)17)12(6-22-23(19,20)21)2-8(5-15)9(16)3-12/h4,8-9,15-16H,2-3,5-6H2,1H3,(H,13,17,18)(H2,19,20,21)/t8-,9+,12-/m1/s1. The van der Waals surface area contributed by atoms with E-state index in [2.05, 4.69) is 9.51 Å². The van der Waals surface area contributed by atoms with Crippen molar-refractivity contribution < 1.29 is 29.1 Å². The molecule has 0 spiro atoms. The molecule has 1 heterocycles. The van der Waals surface area contributed by atoms with Gasteiger partial charge in [-0.3, -0.25) is 18.9 Å². The molecule has 0 bridgehead atoms. The maximum Gasteiger partial charge on any atom is 0.469 e. The van der Waals surface area contributed by atoms with Gasteiger partial charge in [0.25, 0.3) is 5.56 Å². The van der Waals surface area contributed by atoms with Crippen molar-refractivity contribution in [2.75, 3.05) is 13.2 Å². The van der Waals surface area contributed by atoms with Crippen molar-refractivity contribution in [1.29, 1.82) is 0 Å². The van der Waals surface area contributed by atoms with Gasteiger partial charge in [-0.05, 0) is 19.8 Å². The lowest BCUT2D eigenvalue weighted by Gasteiger charge is -2.31. The molecule has 0 amide bonds. The van der Waals surface area contributed by atoms with Crippen LogP contribution in [0.4, 0.5) is 0 Å². The molecule has 1 fully saturated rings. The molecule has 11 heteroatoms. The van der Waals surface area contributed by atoms with Crippen molar-refractivity contribution in [3.63, 3.8) is 0 Å². The van der Waals surface area contributed by atoms with Crippen molar-refractivity contribution >= 4 is 7.82 Å². The van der Waals surface area contributed by atoms with Gasteiger partial charge < -0.3 is 20.0 Å². The molecule has 0 aliphatic heterocycles. The van der Waals surface area contributed by atoms with E-state index < -0.39 is 43.2 Å². The minimum Gasteiger partial charge on any atom is -0.396 e. The van der Waals surface area contributed by atoms with Crippen LogP contribution < -0.4 is 11.2 Å². The Kier molecular flexibility index (Phi) is 4.95. The summed E-state index contributed by atoms with van der Waals surface area (Å²) in [7, 11) is -4.80. The van der Waals surface area contributed by atoms with Crippen LogP contribution in [-0.4, -0.2) is 48.9 Å². The number of aromatic nitrogens is 2. The average Bonchev–Trinajstić information content (AvgIpc) is 2.77. The fourth-order valence-corrected chi connectivity index (χ4v) is 3.37. The Hall–Kier alpha value is -1.29. The highest BCUT2D eigenvalue weighted by Crippen LogP contribution is 2.44. The van der Waals surface area contributed by atoms with Crippen molar-refractivity contribution in [2.45, 2.75) is 31.4 Å². The second-order valence-electron chi connectivity index (χ2n) is 5.85. The molecule has 130 valence electrons. The van der Waals surface area contributed by atoms with Gasteiger partial charge in [0.1, 0.15) is 0 Å². The molecule has 1 aliphatic rings. The van der Waals surface area contributed by atoms with Gasteiger partial charge in [0.2, 0.25) is 0 Å². The molecule has 5 N–H and O–H groups in total. The Balaban J connectivity index is 2.51. The van der Waals surface area contributed by atoms with E-state index in [1.165, 1.54) is 13.1 Å². The van der Waals surface area contributed by atoms with Crippen LogP contribution >= 0.6 is 7.82 Å². The first-order valence-electron chi connectivity index (χ1n) is 6.90. The first kappa shape index (κ1) is 18.1. The van der Waals surface area contributed by atoms with Crippen LogP contribution in [0.2, 0.25) is 0 Å². The van der Waals surface area contributed by atoms with E-state index >= 15 is 0 Å². The molecule has 1 saturated carbocycles. The van der Waals surface area contributed by atoms with Crippen LogP contribution in [0.1, 0.15) is 18.4 Å². The molecule has 1 aromatic rings. The van der Waals surface area contributed by atoms with Crippen LogP contribution in [0.3, 0.4) is 0 Å². The summed E-state index contributed by atoms with van der Waals surface area (Å²) in [4.78, 5) is 43.6. The first-order chi connectivity index (χ1) is 10.6. The monoisotopic (exact) mass is 350 g/mol. The predicted molar refractivity (Wildman–Crippen MR) is 77.8 cm³/mol. The first-order valence-corrected chi connectivity index (χ1v) is 8.43. The third kappa shape index (κ3) is 3.79. The van der Waals surface area contributed by atoms with E-state index in [0.29, 0.717) is 0 Å². The molecule has 23 heavy (non-hydrogen) atoms. The second kappa shape index (κ2) is 6.31. The topological polar surface area (TPSA) is 162 Å². The predicted octanol–water partition coefficient (Wildman–Crippen LogP) is -1.59. The lowest BCUT2D eigenvalue weighted by Crippen LogP contribution is -2.46. The highest BCUT2D eigenvalue weighted by Gasteiger charge is 2.47. The fraction of sp³-hybridized carbons (Fsp3) is 0.667. The van der Waals surface area contributed by atoms with Crippen molar-refractivity contribution in [3.05, 3.63) is 32.6 Å². The number of aromatic amines is 1. The number of H-pyrrole nitrogens is 1. The summed E-state index contributed by atoms with van der Waals surface area (Å²) in [6.07, 6.45) is 0.301. The normalized spacial score (nSPS) is 28.2. The zero-order chi connectivity index (χ0) is 17.4. The summed E-state index contributed by atoms with van der Waals surface area (Å²) >= 11 is 0. The molecule has 3 atom stereocenters. The average molecular weight is 350 g/mol. The number of phosphoric ester groups is 1. The van der Waals surface area contributed by atoms with Gasteiger partial charge in [-0.25, -0.2) is 9.36 Å². The summed E-state index contributed by atoms with van der Waals surface area (Å²) in [5.41, 5.74) is -2.41. The highest BCUT2D eigenvalue weighted by molar-refractivity contribution is 7.46. The van der Waals surface area contributed by atoms with Gasteiger partial charge in [0, 0.05) is 24.3 Å². The minimum atomic E-state index is -4.80. The van der Waals surface area contributed by atoms with Gasteiger partial charge in [0.05, 0.1) is 18.2 Å². The minimum absolute atomic E-state index is 0.0520. The highest BCUT2D eigenvalue weighted by atomic mass is 31.2. The second-order valence-corrected chi connectivity index (χ2v) is 7.09. The summed E-state index contributed by atoms with van der Waals surface area (Å²) < 4.78 is 16.7. The molecule has 2 rings (SSSR count). The number of hydrogen-bond acceptors (Lipinski definition) is 6. The van der Waals surface area contributed by atoms with E-state index in [9.17, 15) is 24.4 Å². The number of hydrogen-bond donors (Lipinski definition) is 5. The van der Waals surface area contributed by atoms with Gasteiger partial charge in [-0.15, -0.1) is 0 Å². The van der Waals surface area contributed by atoms with Gasteiger partial charge in [-0.1, -0.05) is 0 Å². The Morgan fingerprint density at radius 3 is 2.61 bits per heavy atom. The SMILES string of the molecule is Cc1cn([C@]2(COP(=O)(O)O)C[C@H](CO)[C@@H](O)C2)c(=O)[nH]c1=O. The van der Waals surface area contributed by atoms with Crippen LogP contribution in [0, 0.1) is 12.8 Å². The Labute approximate surface area is 130 Å². The van der Waals surface area contributed by atoms with Gasteiger partial charge in [0.15, 0.2) is 0 Å². The summed E-state index contributed by atoms with van der Waals surface area (Å²) in [6.45, 7) is 0.577. The van der Waals surface area contributed by atoms with Gasteiger partial charge in [-0.2, -0.15) is 0 Å². The molecule has 0 aromatic carbocycles. The number of aliphatic hydroxyl groups excluding tert-OH is 2. The third-order valence-electron chi connectivity index (χ3n) is 4.14. The van der Waals surface area contributed by atoms with Crippen LogP contribution in [0.25, 0.3) is 0 Å². The lowest BCUT2D eigenvalue weighted by atomic mass is 9.96. The number of aryl methyl sites for hydroxylation is 1. The molecule has 0 saturated heterocycles. The molecular formula is C12H19N2O8P. The van der Waals surface area contributed by atoms with E-state index in [-0.39, 0.29) is 25.0 Å². The smallest absolute Gasteiger partial charge is 0.396 e. The van der Waals surface area contributed by atoms with E-state index in [0.717, 1.165) is 4.57 Å². The Morgan fingerprint density at radius 2 is 2.09 bits per heavy atom. The molecule has 1 aromatic heterocycles. The molecular weight excluding hydrogens is 331 g/mol. The largest absolute Gasteiger partial charge is 0.469 e. The summed E-state index contributed by atoms with van der Waals surface area (Å²) in [5.74, 6) is -0.575. The number of rotatable bonds is 5. The molecule has 0 unspecified atom stereocenters. The Morgan fingerprint density at radius 1 is 1.43 bits per heavy atom. The lowest BCUT2D eigenvalue weighted by molar-refractivity contribution is 0.0835. The number of phosphoric acid groups is 1. The van der Waals surface area contributed by atoms with Crippen molar-refractivity contribution in [1.82, 2.24) is 9.55 Å². The Bertz CT molecular complexity index is 737. The van der Waals surface area contributed by atoms with E-state index in [4.69, 9.17) is 9.79 Å². The zero-order valence-electron chi connectivity index (χ0n) is 12.4. The van der Waals surface area contributed by atoms with Crippen LogP contribution in [0.15, 0.2) is 15.8 Å². The van der Waals surface area contributed by atoms with E-state index in [1.54, 1.807) is 0 Å². The van der Waals surface area contributed by atoms with Crippen LogP contribution in [0.5, 0.6) is 0 Å². The third-order valence-corrected chi connectivity index (χ3v) is 4.61.